The van der Waals surface area contributed by atoms with Crippen LogP contribution in [-0.4, -0.2) is 21.6 Å². The van der Waals surface area contributed by atoms with Gasteiger partial charge in [0.1, 0.15) is 0 Å². The molecule has 0 atom stereocenters. The quantitative estimate of drug-likeness (QED) is 0.769. The topological polar surface area (TPSA) is 59.3 Å². The van der Waals surface area contributed by atoms with Crippen molar-refractivity contribution < 1.29 is 14.7 Å². The summed E-state index contributed by atoms with van der Waals surface area (Å²) < 4.78 is 2.25. The highest BCUT2D eigenvalue weighted by molar-refractivity contribution is 9.10. The Kier molecular flexibility index (Phi) is 3.35. The molecule has 0 unspecified atom stereocenters. The molecule has 2 aromatic carbocycles. The standard InChI is InChI=1S/C16H10BrNO3/c17-11-7-5-10(6-8-11)15(19)18-9-13(16(20)21)12-3-1-2-4-14(12)18/h1-9H,(H,20,21). The van der Waals surface area contributed by atoms with E-state index in [0.29, 0.717) is 16.5 Å². The van der Waals surface area contributed by atoms with Crippen molar-refractivity contribution in [3.8, 4) is 0 Å². The van der Waals surface area contributed by atoms with E-state index in [1.807, 2.05) is 0 Å². The fourth-order valence-corrected chi connectivity index (χ4v) is 2.51. The lowest BCUT2D eigenvalue weighted by molar-refractivity contribution is 0.0699. The summed E-state index contributed by atoms with van der Waals surface area (Å²) in [5.41, 5.74) is 1.20. The number of hydrogen-bond acceptors (Lipinski definition) is 2. The monoisotopic (exact) mass is 343 g/mol. The first-order valence-corrected chi connectivity index (χ1v) is 7.01. The minimum absolute atomic E-state index is 0.121. The molecule has 5 heteroatoms. The SMILES string of the molecule is O=C(O)c1cn(C(=O)c2ccc(Br)cc2)c2ccccc12. The van der Waals surface area contributed by atoms with Crippen LogP contribution in [0.2, 0.25) is 0 Å². The first kappa shape index (κ1) is 13.6. The molecule has 104 valence electrons. The summed E-state index contributed by atoms with van der Waals surface area (Å²) in [5, 5.41) is 9.81. The summed E-state index contributed by atoms with van der Waals surface area (Å²) in [6.07, 6.45) is 1.37. The molecule has 0 aliphatic rings. The molecule has 4 nitrogen and oxygen atoms in total. The van der Waals surface area contributed by atoms with Gasteiger partial charge in [-0.2, -0.15) is 0 Å². The number of carboxylic acid groups (broad SMARTS) is 1. The van der Waals surface area contributed by atoms with E-state index in [2.05, 4.69) is 15.9 Å². The van der Waals surface area contributed by atoms with Crippen LogP contribution in [0.3, 0.4) is 0 Å². The second kappa shape index (κ2) is 5.18. The Morgan fingerprint density at radius 2 is 1.67 bits per heavy atom. The van der Waals surface area contributed by atoms with E-state index >= 15 is 0 Å². The number of halogens is 1. The summed E-state index contributed by atoms with van der Waals surface area (Å²) >= 11 is 3.32. The number of nitrogens with zero attached hydrogens (tertiary/aromatic N) is 1. The van der Waals surface area contributed by atoms with Gasteiger partial charge in [-0.3, -0.25) is 9.36 Å². The van der Waals surface area contributed by atoms with Crippen molar-refractivity contribution in [3.63, 3.8) is 0 Å². The number of aromatic nitrogens is 1. The van der Waals surface area contributed by atoms with Gasteiger partial charge >= 0.3 is 5.97 Å². The van der Waals surface area contributed by atoms with Crippen LogP contribution in [0.4, 0.5) is 0 Å². The van der Waals surface area contributed by atoms with E-state index < -0.39 is 5.97 Å². The molecule has 3 aromatic rings. The minimum atomic E-state index is -1.05. The Morgan fingerprint density at radius 1 is 1.00 bits per heavy atom. The number of carbonyl (C=O) groups is 2. The van der Waals surface area contributed by atoms with E-state index in [-0.39, 0.29) is 11.5 Å². The molecular weight excluding hydrogens is 334 g/mol. The van der Waals surface area contributed by atoms with Gasteiger partial charge in [-0.1, -0.05) is 34.1 Å². The summed E-state index contributed by atoms with van der Waals surface area (Å²) in [4.78, 5) is 23.9. The van der Waals surface area contributed by atoms with E-state index in [9.17, 15) is 14.7 Å². The fraction of sp³-hybridized carbons (Fsp3) is 0. The predicted octanol–water partition coefficient (Wildman–Crippen LogP) is 3.79. The molecule has 0 aliphatic carbocycles. The van der Waals surface area contributed by atoms with Gasteiger partial charge in [-0.05, 0) is 30.3 Å². The largest absolute Gasteiger partial charge is 0.478 e. The van der Waals surface area contributed by atoms with Crippen LogP contribution >= 0.6 is 15.9 Å². The van der Waals surface area contributed by atoms with Crippen molar-refractivity contribution >= 4 is 38.7 Å². The van der Waals surface area contributed by atoms with E-state index in [0.717, 1.165) is 4.47 Å². The van der Waals surface area contributed by atoms with Crippen molar-refractivity contribution in [2.24, 2.45) is 0 Å². The zero-order chi connectivity index (χ0) is 15.0. The van der Waals surface area contributed by atoms with Crippen LogP contribution in [0.1, 0.15) is 20.7 Å². The van der Waals surface area contributed by atoms with Crippen molar-refractivity contribution in [1.29, 1.82) is 0 Å². The van der Waals surface area contributed by atoms with Gasteiger partial charge in [-0.15, -0.1) is 0 Å². The highest BCUT2D eigenvalue weighted by Gasteiger charge is 2.18. The summed E-state index contributed by atoms with van der Waals surface area (Å²) in [7, 11) is 0. The molecule has 1 heterocycles. The number of carboxylic acids is 1. The van der Waals surface area contributed by atoms with Gasteiger partial charge in [0.2, 0.25) is 0 Å². The lowest BCUT2D eigenvalue weighted by Crippen LogP contribution is -2.10. The summed E-state index contributed by atoms with van der Waals surface area (Å²) in [6, 6.07) is 13.9. The lowest BCUT2D eigenvalue weighted by atomic mass is 10.2. The highest BCUT2D eigenvalue weighted by atomic mass is 79.9. The molecule has 3 rings (SSSR count). The van der Waals surface area contributed by atoms with E-state index in [1.165, 1.54) is 10.8 Å². The van der Waals surface area contributed by atoms with Crippen LogP contribution in [0.5, 0.6) is 0 Å². The smallest absolute Gasteiger partial charge is 0.337 e. The number of carbonyl (C=O) groups excluding carboxylic acids is 1. The van der Waals surface area contributed by atoms with E-state index in [4.69, 9.17) is 0 Å². The first-order valence-electron chi connectivity index (χ1n) is 6.21. The minimum Gasteiger partial charge on any atom is -0.478 e. The van der Waals surface area contributed by atoms with Crippen LogP contribution < -0.4 is 0 Å². The van der Waals surface area contributed by atoms with Gasteiger partial charge in [0.25, 0.3) is 5.91 Å². The molecule has 0 amide bonds. The first-order chi connectivity index (χ1) is 10.1. The maximum absolute atomic E-state index is 12.6. The van der Waals surface area contributed by atoms with Crippen molar-refractivity contribution in [2.45, 2.75) is 0 Å². The van der Waals surface area contributed by atoms with Gasteiger partial charge in [0.15, 0.2) is 0 Å². The summed E-state index contributed by atoms with van der Waals surface area (Å²) in [5.74, 6) is -1.31. The molecule has 0 radical (unpaired) electrons. The molecule has 1 N–H and O–H groups in total. The Balaban J connectivity index is 2.18. The predicted molar refractivity (Wildman–Crippen MR) is 82.8 cm³/mol. The number of hydrogen-bond donors (Lipinski definition) is 1. The fourth-order valence-electron chi connectivity index (χ4n) is 2.25. The maximum atomic E-state index is 12.6. The average Bonchev–Trinajstić information content (AvgIpc) is 2.87. The zero-order valence-corrected chi connectivity index (χ0v) is 12.4. The Morgan fingerprint density at radius 3 is 2.33 bits per heavy atom. The van der Waals surface area contributed by atoms with Crippen LogP contribution in [0, 0.1) is 0 Å². The zero-order valence-electron chi connectivity index (χ0n) is 10.8. The highest BCUT2D eigenvalue weighted by Crippen LogP contribution is 2.23. The molecule has 0 bridgehead atoms. The van der Waals surface area contributed by atoms with E-state index in [1.54, 1.807) is 48.5 Å². The normalized spacial score (nSPS) is 10.7. The van der Waals surface area contributed by atoms with Crippen LogP contribution in [-0.2, 0) is 0 Å². The number of fused-ring (bicyclic) bond motifs is 1. The second-order valence-electron chi connectivity index (χ2n) is 4.55. The molecule has 1 aromatic heterocycles. The van der Waals surface area contributed by atoms with Gasteiger partial charge in [0, 0.05) is 21.6 Å². The number of aromatic carboxylic acids is 1. The molecule has 0 saturated carbocycles. The Labute approximate surface area is 128 Å². The van der Waals surface area contributed by atoms with Gasteiger partial charge in [0.05, 0.1) is 11.1 Å². The van der Waals surface area contributed by atoms with Crippen molar-refractivity contribution in [2.75, 3.05) is 0 Å². The third-order valence-corrected chi connectivity index (χ3v) is 3.78. The molecule has 21 heavy (non-hydrogen) atoms. The molecule has 0 spiro atoms. The molecule has 0 aliphatic heterocycles. The van der Waals surface area contributed by atoms with Gasteiger partial charge in [-0.25, -0.2) is 4.79 Å². The third-order valence-electron chi connectivity index (χ3n) is 3.25. The Hall–Kier alpha value is -2.40. The molecule has 0 saturated heterocycles. The van der Waals surface area contributed by atoms with Crippen molar-refractivity contribution in [1.82, 2.24) is 4.57 Å². The molecule has 0 fully saturated rings. The maximum Gasteiger partial charge on any atom is 0.337 e. The van der Waals surface area contributed by atoms with Crippen LogP contribution in [0.15, 0.2) is 59.2 Å². The second-order valence-corrected chi connectivity index (χ2v) is 5.46. The van der Waals surface area contributed by atoms with Crippen molar-refractivity contribution in [3.05, 3.63) is 70.3 Å². The van der Waals surface area contributed by atoms with Crippen LogP contribution in [0.25, 0.3) is 10.9 Å². The summed E-state index contributed by atoms with van der Waals surface area (Å²) in [6.45, 7) is 0. The van der Waals surface area contributed by atoms with Gasteiger partial charge < -0.3 is 5.11 Å². The number of rotatable bonds is 2. The lowest BCUT2D eigenvalue weighted by Gasteiger charge is -2.04. The number of benzene rings is 2. The third kappa shape index (κ3) is 2.36. The Bertz CT molecular complexity index is 850. The molecular formula is C16H10BrNO3. The average molecular weight is 344 g/mol. The number of para-hydroxylation sites is 1.